The molecule has 0 aliphatic heterocycles. The molecule has 0 amide bonds. The number of nitrogens with one attached hydrogen (secondary N) is 1. The molecule has 0 saturated heterocycles. The summed E-state index contributed by atoms with van der Waals surface area (Å²) in [5, 5.41) is 2.81. The Morgan fingerprint density at radius 2 is 1.72 bits per heavy atom. The summed E-state index contributed by atoms with van der Waals surface area (Å²) in [5.74, 6) is -0.675. The molecule has 0 bridgehead atoms. The van der Waals surface area contributed by atoms with E-state index < -0.39 is 5.51 Å². The first-order chi connectivity index (χ1) is 14.0. The molecule has 0 fully saturated rings. The van der Waals surface area contributed by atoms with Gasteiger partial charge in [0, 0.05) is 30.4 Å². The number of ketones is 2. The maximum atomic E-state index is 13.2. The van der Waals surface area contributed by atoms with Gasteiger partial charge in [-0.25, -0.2) is 4.84 Å². The highest BCUT2D eigenvalue weighted by atomic mass is 19.4. The summed E-state index contributed by atoms with van der Waals surface area (Å²) in [5.41, 5.74) is 0.177. The SMILES string of the molecule is CCN(Cc1ccccn1)C1=C(NCCON(F)F)C(=O)c2ccccc2C1=O. The van der Waals surface area contributed by atoms with Crippen LogP contribution in [0.4, 0.5) is 8.96 Å². The lowest BCUT2D eigenvalue weighted by atomic mass is 9.89. The topological polar surface area (TPSA) is 74.8 Å². The Bertz CT molecular complexity index is 919. The van der Waals surface area contributed by atoms with Crippen LogP contribution in [0.3, 0.4) is 0 Å². The van der Waals surface area contributed by atoms with E-state index >= 15 is 0 Å². The number of Topliss-reactive ketones (excluding diaryl/α,β-unsaturated/α-hetero) is 2. The molecule has 1 aliphatic carbocycles. The largest absolute Gasteiger partial charge is 0.378 e. The van der Waals surface area contributed by atoms with Gasteiger partial charge in [0.2, 0.25) is 11.6 Å². The Kier molecular flexibility index (Phi) is 6.63. The number of hydrogen-bond acceptors (Lipinski definition) is 7. The minimum Gasteiger partial charge on any atom is -0.378 e. The highest BCUT2D eigenvalue weighted by molar-refractivity contribution is 6.26. The average Bonchev–Trinajstić information content (AvgIpc) is 2.73. The number of likely N-dealkylation sites (N-methyl/N-ethyl adjacent to an activating group) is 1. The predicted octanol–water partition coefficient (Wildman–Crippen LogP) is 2.79. The van der Waals surface area contributed by atoms with Crippen LogP contribution in [-0.2, 0) is 11.4 Å². The van der Waals surface area contributed by atoms with Gasteiger partial charge in [0.15, 0.2) is 5.51 Å². The van der Waals surface area contributed by atoms with E-state index in [0.29, 0.717) is 18.7 Å². The molecule has 1 aromatic heterocycles. The Labute approximate surface area is 166 Å². The average molecular weight is 402 g/mol. The molecule has 2 aromatic rings. The zero-order valence-electron chi connectivity index (χ0n) is 15.8. The van der Waals surface area contributed by atoms with Crippen molar-refractivity contribution in [1.29, 1.82) is 0 Å². The number of nitrogens with zero attached hydrogens (tertiary/aromatic N) is 3. The van der Waals surface area contributed by atoms with E-state index in [2.05, 4.69) is 15.1 Å². The fraction of sp³-hybridized carbons (Fsp3) is 0.250. The lowest BCUT2D eigenvalue weighted by molar-refractivity contribution is -0.390. The minimum absolute atomic E-state index is 0.0688. The fourth-order valence-corrected chi connectivity index (χ4v) is 3.15. The summed E-state index contributed by atoms with van der Waals surface area (Å²) in [6.07, 6.45) is 1.65. The van der Waals surface area contributed by atoms with Crippen LogP contribution in [0.2, 0.25) is 0 Å². The van der Waals surface area contributed by atoms with Crippen LogP contribution in [0.5, 0.6) is 0 Å². The smallest absolute Gasteiger partial charge is 0.212 e. The zero-order chi connectivity index (χ0) is 20.8. The summed E-state index contributed by atoms with van der Waals surface area (Å²) in [6, 6.07) is 12.0. The summed E-state index contributed by atoms with van der Waals surface area (Å²) in [6.45, 7) is 2.17. The number of rotatable bonds is 9. The molecule has 152 valence electrons. The predicted molar refractivity (Wildman–Crippen MR) is 100 cm³/mol. The number of carbonyl (C=O) groups excluding carboxylic acids is 2. The first-order valence-corrected chi connectivity index (χ1v) is 9.09. The van der Waals surface area contributed by atoms with Crippen LogP contribution in [0.15, 0.2) is 60.1 Å². The van der Waals surface area contributed by atoms with Crippen molar-refractivity contribution in [2.45, 2.75) is 13.5 Å². The van der Waals surface area contributed by atoms with Crippen molar-refractivity contribution in [3.63, 3.8) is 0 Å². The normalized spacial score (nSPS) is 13.7. The van der Waals surface area contributed by atoms with Gasteiger partial charge >= 0.3 is 0 Å². The second kappa shape index (κ2) is 9.35. The van der Waals surface area contributed by atoms with Crippen molar-refractivity contribution < 1.29 is 23.4 Å². The molecule has 0 unspecified atom stereocenters. The lowest BCUT2D eigenvalue weighted by Gasteiger charge is -2.30. The summed E-state index contributed by atoms with van der Waals surface area (Å²) in [4.78, 5) is 36.4. The van der Waals surface area contributed by atoms with Gasteiger partial charge in [0.1, 0.15) is 11.4 Å². The number of pyridine rings is 1. The number of carbonyl (C=O) groups is 2. The third kappa shape index (κ3) is 4.64. The third-order valence-electron chi connectivity index (χ3n) is 4.46. The maximum Gasteiger partial charge on any atom is 0.212 e. The van der Waals surface area contributed by atoms with E-state index in [9.17, 15) is 18.6 Å². The molecule has 1 N–H and O–H groups in total. The molecule has 9 heteroatoms. The Morgan fingerprint density at radius 3 is 2.34 bits per heavy atom. The van der Waals surface area contributed by atoms with Gasteiger partial charge in [0.05, 0.1) is 18.8 Å². The molecule has 1 heterocycles. The quantitative estimate of drug-likeness (QED) is 0.393. The van der Waals surface area contributed by atoms with Crippen LogP contribution in [0, 0.1) is 0 Å². The first kappa shape index (κ1) is 20.6. The van der Waals surface area contributed by atoms with Crippen LogP contribution < -0.4 is 5.32 Å². The molecular formula is C20H20F2N4O3. The van der Waals surface area contributed by atoms with Gasteiger partial charge in [-0.1, -0.05) is 39.3 Å². The number of aromatic nitrogens is 1. The van der Waals surface area contributed by atoms with Crippen LogP contribution in [0.1, 0.15) is 33.3 Å². The minimum atomic E-state index is -1.40. The van der Waals surface area contributed by atoms with Crippen molar-refractivity contribution in [1.82, 2.24) is 20.7 Å². The van der Waals surface area contributed by atoms with Crippen molar-refractivity contribution in [2.75, 3.05) is 19.7 Å². The second-order valence-electron chi connectivity index (χ2n) is 6.22. The van der Waals surface area contributed by atoms with Crippen molar-refractivity contribution in [3.05, 3.63) is 76.9 Å². The van der Waals surface area contributed by atoms with Gasteiger partial charge in [-0.05, 0) is 19.1 Å². The molecule has 0 radical (unpaired) electrons. The summed E-state index contributed by atoms with van der Waals surface area (Å²) < 4.78 is 24.1. The number of benzene rings is 1. The number of fused-ring (bicyclic) bond motifs is 1. The summed E-state index contributed by atoms with van der Waals surface area (Å²) >= 11 is 0. The van der Waals surface area contributed by atoms with E-state index in [4.69, 9.17) is 0 Å². The van der Waals surface area contributed by atoms with Gasteiger partial charge in [-0.15, -0.1) is 0 Å². The standard InChI is InChI=1S/C20H20F2N4O3/c1-2-25(13-14-7-5-6-10-23-14)18-17(24-11-12-29-26(21)22)19(27)15-8-3-4-9-16(15)20(18)28/h3-10,24H,2,11-13H2,1H3. The highest BCUT2D eigenvalue weighted by Crippen LogP contribution is 2.28. The Morgan fingerprint density at radius 1 is 1.03 bits per heavy atom. The highest BCUT2D eigenvalue weighted by Gasteiger charge is 2.34. The molecule has 3 rings (SSSR count). The zero-order valence-corrected chi connectivity index (χ0v) is 15.8. The van der Waals surface area contributed by atoms with Gasteiger partial charge < -0.3 is 10.2 Å². The second-order valence-corrected chi connectivity index (χ2v) is 6.22. The van der Waals surface area contributed by atoms with Crippen molar-refractivity contribution in [3.8, 4) is 0 Å². The molecule has 1 aromatic carbocycles. The van der Waals surface area contributed by atoms with Crippen molar-refractivity contribution in [2.24, 2.45) is 0 Å². The summed E-state index contributed by atoms with van der Waals surface area (Å²) in [7, 11) is 0. The van der Waals surface area contributed by atoms with Crippen molar-refractivity contribution >= 4 is 11.6 Å². The number of allylic oxidation sites excluding steroid dienone is 2. The molecular weight excluding hydrogens is 382 g/mol. The van der Waals surface area contributed by atoms with E-state index in [1.54, 1.807) is 41.4 Å². The number of hydrogen-bond donors (Lipinski definition) is 1. The molecule has 1 aliphatic rings. The lowest BCUT2D eigenvalue weighted by Crippen LogP contribution is -2.39. The van der Waals surface area contributed by atoms with Crippen LogP contribution in [0.25, 0.3) is 0 Å². The first-order valence-electron chi connectivity index (χ1n) is 9.09. The molecule has 0 spiro atoms. The van der Waals surface area contributed by atoms with E-state index in [0.717, 1.165) is 5.69 Å². The molecule has 7 nitrogen and oxygen atoms in total. The van der Waals surface area contributed by atoms with Gasteiger partial charge in [-0.2, -0.15) is 0 Å². The molecule has 0 atom stereocenters. The third-order valence-corrected chi connectivity index (χ3v) is 4.46. The monoisotopic (exact) mass is 402 g/mol. The Hall–Kier alpha value is -3.17. The van der Waals surface area contributed by atoms with E-state index in [1.165, 1.54) is 0 Å². The fourth-order valence-electron chi connectivity index (χ4n) is 3.15. The van der Waals surface area contributed by atoms with Crippen LogP contribution in [-0.4, -0.2) is 46.7 Å². The number of halogens is 2. The molecule has 29 heavy (non-hydrogen) atoms. The molecule has 0 saturated carbocycles. The maximum absolute atomic E-state index is 13.2. The van der Waals surface area contributed by atoms with Crippen LogP contribution >= 0.6 is 0 Å². The Balaban J connectivity index is 1.96. The van der Waals surface area contributed by atoms with Gasteiger partial charge in [0.25, 0.3) is 0 Å². The van der Waals surface area contributed by atoms with E-state index in [1.807, 2.05) is 19.1 Å². The van der Waals surface area contributed by atoms with Gasteiger partial charge in [-0.3, -0.25) is 14.6 Å². The van der Waals surface area contributed by atoms with E-state index in [-0.39, 0.29) is 41.7 Å².